The Morgan fingerprint density at radius 1 is 0.765 bits per heavy atom. The molecule has 0 atom stereocenters. The van der Waals surface area contributed by atoms with E-state index < -0.39 is 9.84 Å². The molecule has 0 aliphatic rings. The van der Waals surface area contributed by atoms with Crippen molar-refractivity contribution >= 4 is 9.84 Å². The monoisotopic (exact) mass is 246 g/mol. The van der Waals surface area contributed by atoms with Crippen LogP contribution in [0, 0.1) is 13.8 Å². The van der Waals surface area contributed by atoms with Crippen molar-refractivity contribution in [3.05, 3.63) is 59.7 Å². The molecule has 0 bridgehead atoms. The SMILES string of the molecule is Cc1cccc(C)c1S(=O)(=O)c1ccccc1. The zero-order valence-electron chi connectivity index (χ0n) is 9.84. The average Bonchev–Trinajstić information content (AvgIpc) is 2.29. The minimum Gasteiger partial charge on any atom is -0.218 e. The zero-order chi connectivity index (χ0) is 12.5. The third-order valence-corrected chi connectivity index (χ3v) is 4.81. The van der Waals surface area contributed by atoms with E-state index in [0.717, 1.165) is 11.1 Å². The van der Waals surface area contributed by atoms with E-state index in [1.54, 1.807) is 24.3 Å². The maximum Gasteiger partial charge on any atom is 0.207 e. The number of rotatable bonds is 2. The molecule has 0 saturated carbocycles. The van der Waals surface area contributed by atoms with Crippen molar-refractivity contribution < 1.29 is 8.42 Å². The molecule has 2 aromatic rings. The lowest BCUT2D eigenvalue weighted by atomic mass is 10.2. The quantitative estimate of drug-likeness (QED) is 0.815. The van der Waals surface area contributed by atoms with E-state index >= 15 is 0 Å². The lowest BCUT2D eigenvalue weighted by Crippen LogP contribution is -2.06. The minimum absolute atomic E-state index is 0.345. The maximum atomic E-state index is 12.5. The normalized spacial score (nSPS) is 11.4. The second kappa shape index (κ2) is 4.34. The van der Waals surface area contributed by atoms with Crippen molar-refractivity contribution in [2.45, 2.75) is 23.6 Å². The van der Waals surface area contributed by atoms with Gasteiger partial charge in [-0.15, -0.1) is 0 Å². The molecule has 0 fully saturated rings. The Morgan fingerprint density at radius 2 is 1.29 bits per heavy atom. The van der Waals surface area contributed by atoms with Crippen LogP contribution in [0.15, 0.2) is 58.3 Å². The van der Waals surface area contributed by atoms with Gasteiger partial charge in [0.15, 0.2) is 0 Å². The third-order valence-electron chi connectivity index (χ3n) is 2.73. The molecule has 0 saturated heterocycles. The van der Waals surface area contributed by atoms with Crippen molar-refractivity contribution in [2.24, 2.45) is 0 Å². The topological polar surface area (TPSA) is 34.1 Å². The summed E-state index contributed by atoms with van der Waals surface area (Å²) in [6.45, 7) is 3.64. The molecule has 0 spiro atoms. The van der Waals surface area contributed by atoms with Crippen molar-refractivity contribution in [1.82, 2.24) is 0 Å². The van der Waals surface area contributed by atoms with Gasteiger partial charge in [0, 0.05) is 0 Å². The van der Waals surface area contributed by atoms with Crippen LogP contribution in [0.3, 0.4) is 0 Å². The summed E-state index contributed by atoms with van der Waals surface area (Å²) in [5.41, 5.74) is 1.57. The second-order valence-electron chi connectivity index (χ2n) is 4.04. The lowest BCUT2D eigenvalue weighted by Gasteiger charge is -2.10. The number of hydrogen-bond donors (Lipinski definition) is 0. The van der Waals surface area contributed by atoms with Crippen LogP contribution in [-0.4, -0.2) is 8.42 Å². The Hall–Kier alpha value is -1.61. The predicted molar refractivity (Wildman–Crippen MR) is 67.8 cm³/mol. The lowest BCUT2D eigenvalue weighted by molar-refractivity contribution is 0.595. The Labute approximate surface area is 102 Å². The van der Waals surface area contributed by atoms with E-state index in [0.29, 0.717) is 9.79 Å². The fourth-order valence-electron chi connectivity index (χ4n) is 1.94. The van der Waals surface area contributed by atoms with Crippen LogP contribution >= 0.6 is 0 Å². The molecule has 0 aromatic heterocycles. The molecule has 17 heavy (non-hydrogen) atoms. The van der Waals surface area contributed by atoms with Crippen LogP contribution in [0.25, 0.3) is 0 Å². The first-order chi connectivity index (χ1) is 8.03. The predicted octanol–water partition coefficient (Wildman–Crippen LogP) is 3.14. The first-order valence-corrected chi connectivity index (χ1v) is 6.88. The molecule has 0 aliphatic heterocycles. The van der Waals surface area contributed by atoms with Crippen molar-refractivity contribution in [3.63, 3.8) is 0 Å². The van der Waals surface area contributed by atoms with Gasteiger partial charge in [0.1, 0.15) is 0 Å². The van der Waals surface area contributed by atoms with Crippen molar-refractivity contribution in [2.75, 3.05) is 0 Å². The zero-order valence-corrected chi connectivity index (χ0v) is 10.7. The Bertz CT molecular complexity index is 608. The molecule has 2 rings (SSSR count). The molecular formula is C14H14O2S. The number of sulfone groups is 1. The molecule has 0 amide bonds. The highest BCUT2D eigenvalue weighted by Crippen LogP contribution is 2.26. The summed E-state index contributed by atoms with van der Waals surface area (Å²) in [6, 6.07) is 14.0. The molecule has 0 N–H and O–H groups in total. The van der Waals surface area contributed by atoms with Crippen LogP contribution < -0.4 is 0 Å². The van der Waals surface area contributed by atoms with Crippen LogP contribution in [-0.2, 0) is 9.84 Å². The smallest absolute Gasteiger partial charge is 0.207 e. The van der Waals surface area contributed by atoms with Gasteiger partial charge in [0.25, 0.3) is 0 Å². The van der Waals surface area contributed by atoms with Gasteiger partial charge >= 0.3 is 0 Å². The fourth-order valence-corrected chi connectivity index (χ4v) is 3.68. The summed E-state index contributed by atoms with van der Waals surface area (Å²) in [6.07, 6.45) is 0. The largest absolute Gasteiger partial charge is 0.218 e. The number of aryl methyl sites for hydroxylation is 2. The van der Waals surface area contributed by atoms with E-state index in [2.05, 4.69) is 0 Å². The highest BCUT2D eigenvalue weighted by atomic mass is 32.2. The van der Waals surface area contributed by atoms with Crippen molar-refractivity contribution in [3.8, 4) is 0 Å². The molecule has 0 radical (unpaired) electrons. The summed E-state index contributed by atoms with van der Waals surface area (Å²) < 4.78 is 25.0. The summed E-state index contributed by atoms with van der Waals surface area (Å²) in [7, 11) is -3.40. The average molecular weight is 246 g/mol. The first kappa shape index (κ1) is 11.9. The highest BCUT2D eigenvalue weighted by molar-refractivity contribution is 7.91. The van der Waals surface area contributed by atoms with Gasteiger partial charge in [-0.05, 0) is 37.1 Å². The Kier molecular flexibility index (Phi) is 3.03. The molecule has 0 aliphatic carbocycles. The second-order valence-corrected chi connectivity index (χ2v) is 5.92. The Morgan fingerprint density at radius 3 is 1.82 bits per heavy atom. The number of benzene rings is 2. The van der Waals surface area contributed by atoms with Gasteiger partial charge in [0.05, 0.1) is 9.79 Å². The van der Waals surface area contributed by atoms with Gasteiger partial charge in [-0.2, -0.15) is 0 Å². The molecule has 3 heteroatoms. The molecular weight excluding hydrogens is 232 g/mol. The van der Waals surface area contributed by atoms with Crippen LogP contribution in [0.4, 0.5) is 0 Å². The van der Waals surface area contributed by atoms with Crippen LogP contribution in [0.5, 0.6) is 0 Å². The van der Waals surface area contributed by atoms with E-state index in [4.69, 9.17) is 0 Å². The summed E-state index contributed by atoms with van der Waals surface area (Å²) in [5, 5.41) is 0. The summed E-state index contributed by atoms with van der Waals surface area (Å²) in [5.74, 6) is 0. The molecule has 2 aromatic carbocycles. The Balaban J connectivity index is 2.69. The van der Waals surface area contributed by atoms with E-state index in [9.17, 15) is 8.42 Å². The van der Waals surface area contributed by atoms with E-state index in [-0.39, 0.29) is 0 Å². The van der Waals surface area contributed by atoms with Crippen LogP contribution in [0.1, 0.15) is 11.1 Å². The van der Waals surface area contributed by atoms with Crippen molar-refractivity contribution in [1.29, 1.82) is 0 Å². The van der Waals surface area contributed by atoms with Gasteiger partial charge in [0.2, 0.25) is 9.84 Å². The standard InChI is InChI=1S/C14H14O2S/c1-11-7-6-8-12(2)14(11)17(15,16)13-9-4-3-5-10-13/h3-10H,1-2H3. The van der Waals surface area contributed by atoms with Gasteiger partial charge in [-0.25, -0.2) is 8.42 Å². The third kappa shape index (κ3) is 2.11. The molecule has 2 nitrogen and oxygen atoms in total. The van der Waals surface area contributed by atoms with Crippen LogP contribution in [0.2, 0.25) is 0 Å². The summed E-state index contributed by atoms with van der Waals surface area (Å²) in [4.78, 5) is 0.767. The maximum absolute atomic E-state index is 12.5. The first-order valence-electron chi connectivity index (χ1n) is 5.40. The summed E-state index contributed by atoms with van der Waals surface area (Å²) >= 11 is 0. The van der Waals surface area contributed by atoms with Gasteiger partial charge < -0.3 is 0 Å². The van der Waals surface area contributed by atoms with Gasteiger partial charge in [-0.3, -0.25) is 0 Å². The van der Waals surface area contributed by atoms with Gasteiger partial charge in [-0.1, -0.05) is 36.4 Å². The van der Waals surface area contributed by atoms with E-state index in [1.807, 2.05) is 38.1 Å². The molecule has 0 heterocycles. The molecule has 88 valence electrons. The molecule has 0 unspecified atom stereocenters. The fraction of sp³-hybridized carbons (Fsp3) is 0.143. The minimum atomic E-state index is -3.40. The highest BCUT2D eigenvalue weighted by Gasteiger charge is 2.21. The van der Waals surface area contributed by atoms with E-state index in [1.165, 1.54) is 0 Å². The number of hydrogen-bond acceptors (Lipinski definition) is 2.